The summed E-state index contributed by atoms with van der Waals surface area (Å²) in [7, 11) is 0. The van der Waals surface area contributed by atoms with Crippen molar-refractivity contribution >= 4 is 11.7 Å². The van der Waals surface area contributed by atoms with Gasteiger partial charge in [0.05, 0.1) is 5.56 Å². The Bertz CT molecular complexity index is 507. The van der Waals surface area contributed by atoms with E-state index in [9.17, 15) is 9.59 Å². The third kappa shape index (κ3) is 4.31. The number of para-hydroxylation sites is 1. The van der Waals surface area contributed by atoms with E-state index in [1.165, 1.54) is 26.2 Å². The Hall–Kier alpha value is -1.84. The first kappa shape index (κ1) is 15.5. The Morgan fingerprint density at radius 2 is 1.86 bits per heavy atom. The molecule has 1 aromatic rings. The first-order valence-electron chi connectivity index (χ1n) is 7.65. The Morgan fingerprint density at radius 3 is 2.52 bits per heavy atom. The third-order valence-corrected chi connectivity index (χ3v) is 3.89. The van der Waals surface area contributed by atoms with Crippen LogP contribution in [0.15, 0.2) is 24.3 Å². The molecule has 1 aliphatic carbocycles. The number of ether oxygens (including phenoxy) is 1. The minimum Gasteiger partial charge on any atom is -0.480 e. The number of amides is 1. The van der Waals surface area contributed by atoms with Crippen molar-refractivity contribution in [3.8, 4) is 5.75 Å². The number of carbonyl (C=O) groups is 2. The largest absolute Gasteiger partial charge is 0.480 e. The quantitative estimate of drug-likeness (QED) is 0.847. The number of hydrogen-bond donors (Lipinski definition) is 1. The van der Waals surface area contributed by atoms with Crippen LogP contribution in [0, 0.1) is 0 Å². The highest BCUT2D eigenvalue weighted by Gasteiger charge is 2.21. The fourth-order valence-corrected chi connectivity index (χ4v) is 2.67. The molecular weight excluding hydrogens is 266 g/mol. The molecule has 4 heteroatoms. The zero-order valence-electron chi connectivity index (χ0n) is 12.7. The van der Waals surface area contributed by atoms with Gasteiger partial charge in [0.15, 0.2) is 11.9 Å². The van der Waals surface area contributed by atoms with Gasteiger partial charge in [-0.25, -0.2) is 0 Å². The smallest absolute Gasteiger partial charge is 0.260 e. The standard InChI is InChI=1S/C17H23NO3/c1-12(19)15-10-6-7-11-16(15)21-13(2)17(20)18-14-8-4-3-5-9-14/h6-7,10-11,13-14H,3-5,8-9H2,1-2H3,(H,18,20). The molecule has 0 bridgehead atoms. The van der Waals surface area contributed by atoms with E-state index < -0.39 is 6.10 Å². The molecule has 1 unspecified atom stereocenters. The van der Waals surface area contributed by atoms with Crippen LogP contribution >= 0.6 is 0 Å². The molecule has 1 saturated carbocycles. The van der Waals surface area contributed by atoms with Crippen molar-refractivity contribution in [2.45, 2.75) is 58.1 Å². The molecule has 0 saturated heterocycles. The molecule has 0 heterocycles. The van der Waals surface area contributed by atoms with Crippen LogP contribution in [-0.2, 0) is 4.79 Å². The van der Waals surface area contributed by atoms with Gasteiger partial charge in [0.2, 0.25) is 0 Å². The molecule has 1 atom stereocenters. The predicted molar refractivity (Wildman–Crippen MR) is 81.6 cm³/mol. The number of nitrogens with one attached hydrogen (secondary N) is 1. The predicted octanol–water partition coefficient (Wildman–Crippen LogP) is 3.11. The normalized spacial score (nSPS) is 17.0. The van der Waals surface area contributed by atoms with Gasteiger partial charge in [-0.1, -0.05) is 31.4 Å². The van der Waals surface area contributed by atoms with Gasteiger partial charge >= 0.3 is 0 Å². The summed E-state index contributed by atoms with van der Waals surface area (Å²) in [6.45, 7) is 3.21. The Kier molecular flexibility index (Phi) is 5.37. The molecule has 0 aliphatic heterocycles. The number of hydrogen-bond acceptors (Lipinski definition) is 3. The first-order chi connectivity index (χ1) is 10.1. The summed E-state index contributed by atoms with van der Waals surface area (Å²) in [6.07, 6.45) is 5.09. The summed E-state index contributed by atoms with van der Waals surface area (Å²) in [6, 6.07) is 7.29. The molecule has 21 heavy (non-hydrogen) atoms. The van der Waals surface area contributed by atoms with Gasteiger partial charge in [-0.2, -0.15) is 0 Å². The maximum absolute atomic E-state index is 12.2. The number of Topliss-reactive ketones (excluding diaryl/α,β-unsaturated/α-hetero) is 1. The lowest BCUT2D eigenvalue weighted by Gasteiger charge is -2.25. The van der Waals surface area contributed by atoms with Gasteiger partial charge in [-0.15, -0.1) is 0 Å². The van der Waals surface area contributed by atoms with E-state index >= 15 is 0 Å². The lowest BCUT2D eigenvalue weighted by atomic mass is 9.95. The van der Waals surface area contributed by atoms with Crippen molar-refractivity contribution in [2.24, 2.45) is 0 Å². The lowest BCUT2D eigenvalue weighted by Crippen LogP contribution is -2.43. The molecule has 1 amide bonds. The SMILES string of the molecule is CC(=O)c1ccccc1OC(C)C(=O)NC1CCCCC1. The summed E-state index contributed by atoms with van der Waals surface area (Å²) in [4.78, 5) is 23.7. The molecule has 1 N–H and O–H groups in total. The van der Waals surface area contributed by atoms with Gasteiger partial charge in [0, 0.05) is 6.04 Å². The van der Waals surface area contributed by atoms with Crippen molar-refractivity contribution in [1.29, 1.82) is 0 Å². The molecule has 4 nitrogen and oxygen atoms in total. The van der Waals surface area contributed by atoms with Crippen LogP contribution in [0.5, 0.6) is 5.75 Å². The zero-order valence-corrected chi connectivity index (χ0v) is 12.7. The van der Waals surface area contributed by atoms with Crippen molar-refractivity contribution in [1.82, 2.24) is 5.32 Å². The van der Waals surface area contributed by atoms with Gasteiger partial charge in [0.25, 0.3) is 5.91 Å². The van der Waals surface area contributed by atoms with Gasteiger partial charge < -0.3 is 10.1 Å². The first-order valence-corrected chi connectivity index (χ1v) is 7.65. The molecule has 0 radical (unpaired) electrons. The van der Waals surface area contributed by atoms with E-state index in [1.807, 2.05) is 0 Å². The number of benzene rings is 1. The maximum atomic E-state index is 12.2. The fraction of sp³-hybridized carbons (Fsp3) is 0.529. The number of carbonyl (C=O) groups excluding carboxylic acids is 2. The average Bonchev–Trinajstić information content (AvgIpc) is 2.48. The molecule has 0 spiro atoms. The minimum absolute atomic E-state index is 0.0644. The highest BCUT2D eigenvalue weighted by molar-refractivity contribution is 5.96. The van der Waals surface area contributed by atoms with Crippen LogP contribution in [0.3, 0.4) is 0 Å². The van der Waals surface area contributed by atoms with Crippen LogP contribution in [-0.4, -0.2) is 23.8 Å². The van der Waals surface area contributed by atoms with Crippen LogP contribution in [0.2, 0.25) is 0 Å². The monoisotopic (exact) mass is 289 g/mol. The number of rotatable bonds is 5. The zero-order chi connectivity index (χ0) is 15.2. The van der Waals surface area contributed by atoms with E-state index in [0.29, 0.717) is 11.3 Å². The van der Waals surface area contributed by atoms with E-state index in [0.717, 1.165) is 12.8 Å². The summed E-state index contributed by atoms with van der Waals surface area (Å²) in [5.41, 5.74) is 0.509. The maximum Gasteiger partial charge on any atom is 0.260 e. The molecule has 1 aliphatic rings. The highest BCUT2D eigenvalue weighted by Crippen LogP contribution is 2.21. The average molecular weight is 289 g/mol. The molecule has 0 aromatic heterocycles. The molecule has 2 rings (SSSR count). The van der Waals surface area contributed by atoms with Gasteiger partial charge in [-0.05, 0) is 38.8 Å². The fourth-order valence-electron chi connectivity index (χ4n) is 2.67. The molecule has 1 fully saturated rings. The van der Waals surface area contributed by atoms with Crippen LogP contribution in [0.4, 0.5) is 0 Å². The minimum atomic E-state index is -0.604. The van der Waals surface area contributed by atoms with Crippen molar-refractivity contribution in [2.75, 3.05) is 0 Å². The van der Waals surface area contributed by atoms with E-state index in [1.54, 1.807) is 31.2 Å². The summed E-state index contributed by atoms with van der Waals surface area (Å²) in [5, 5.41) is 3.04. The van der Waals surface area contributed by atoms with Crippen molar-refractivity contribution in [3.63, 3.8) is 0 Å². The van der Waals surface area contributed by atoms with Gasteiger partial charge in [0.1, 0.15) is 5.75 Å². The molecular formula is C17H23NO3. The Morgan fingerprint density at radius 1 is 1.19 bits per heavy atom. The topological polar surface area (TPSA) is 55.4 Å². The van der Waals surface area contributed by atoms with E-state index in [4.69, 9.17) is 4.74 Å². The van der Waals surface area contributed by atoms with Crippen LogP contribution in [0.1, 0.15) is 56.3 Å². The third-order valence-electron chi connectivity index (χ3n) is 3.89. The second kappa shape index (κ2) is 7.25. The second-order valence-electron chi connectivity index (χ2n) is 5.66. The van der Waals surface area contributed by atoms with E-state index in [-0.39, 0.29) is 17.7 Å². The highest BCUT2D eigenvalue weighted by atomic mass is 16.5. The van der Waals surface area contributed by atoms with Crippen LogP contribution < -0.4 is 10.1 Å². The van der Waals surface area contributed by atoms with E-state index in [2.05, 4.69) is 5.32 Å². The summed E-state index contributed by atoms with van der Waals surface area (Å²) < 4.78 is 5.68. The van der Waals surface area contributed by atoms with Crippen molar-refractivity contribution < 1.29 is 14.3 Å². The molecule has 1 aromatic carbocycles. The van der Waals surface area contributed by atoms with Crippen molar-refractivity contribution in [3.05, 3.63) is 29.8 Å². The van der Waals surface area contributed by atoms with Gasteiger partial charge in [-0.3, -0.25) is 9.59 Å². The summed E-state index contributed by atoms with van der Waals surface area (Å²) >= 11 is 0. The number of ketones is 1. The molecule has 114 valence electrons. The Balaban J connectivity index is 1.95. The Labute approximate surface area is 125 Å². The summed E-state index contributed by atoms with van der Waals surface area (Å²) in [5.74, 6) is 0.294. The van der Waals surface area contributed by atoms with Crippen LogP contribution in [0.25, 0.3) is 0 Å². The second-order valence-corrected chi connectivity index (χ2v) is 5.66. The lowest BCUT2D eigenvalue weighted by molar-refractivity contribution is -0.128.